The third kappa shape index (κ3) is 7.36. The average molecular weight is 596 g/mol. The summed E-state index contributed by atoms with van der Waals surface area (Å²) in [6, 6.07) is 10.1. The van der Waals surface area contributed by atoms with Crippen LogP contribution in [0.4, 0.5) is 20.3 Å². The molecule has 0 aliphatic carbocycles. The number of aliphatic hydroxyl groups is 1. The van der Waals surface area contributed by atoms with Crippen LogP contribution in [0.1, 0.15) is 5.56 Å². The Balaban J connectivity index is 1.40. The van der Waals surface area contributed by atoms with E-state index in [1.165, 1.54) is 6.20 Å². The number of nitrogens with two attached hydrogens (primary N) is 1. The number of halogens is 3. The summed E-state index contributed by atoms with van der Waals surface area (Å²) in [6.45, 7) is 1.26. The molecule has 1 aromatic heterocycles. The molecule has 40 heavy (non-hydrogen) atoms. The molecule has 10 nitrogen and oxygen atoms in total. The van der Waals surface area contributed by atoms with Gasteiger partial charge in [-0.3, -0.25) is 14.4 Å². The van der Waals surface area contributed by atoms with E-state index in [9.17, 15) is 22.0 Å². The molecule has 14 heteroatoms. The van der Waals surface area contributed by atoms with E-state index in [0.29, 0.717) is 43.0 Å². The summed E-state index contributed by atoms with van der Waals surface area (Å²) in [4.78, 5) is 19.2. The lowest BCUT2D eigenvalue weighted by atomic mass is 10.1. The summed E-state index contributed by atoms with van der Waals surface area (Å²) >= 11 is 5.87. The van der Waals surface area contributed by atoms with Gasteiger partial charge in [-0.2, -0.15) is 0 Å². The molecule has 1 saturated heterocycles. The molecule has 0 radical (unpaired) electrons. The number of hydrogen-bond acceptors (Lipinski definition) is 8. The zero-order valence-electron chi connectivity index (χ0n) is 21.3. The Hall–Kier alpha value is -3.52. The third-order valence-corrected chi connectivity index (χ3v) is 8.07. The third-order valence-electron chi connectivity index (χ3n) is 6.40. The number of nitrogens with one attached hydrogen (secondary N) is 1. The van der Waals surface area contributed by atoms with E-state index in [4.69, 9.17) is 27.2 Å². The van der Waals surface area contributed by atoms with Crippen molar-refractivity contribution >= 4 is 39.0 Å². The van der Waals surface area contributed by atoms with E-state index in [1.54, 1.807) is 35.2 Å². The molecule has 0 unspecified atom stereocenters. The molecule has 0 saturated carbocycles. The van der Waals surface area contributed by atoms with E-state index in [1.807, 2.05) is 4.90 Å². The lowest BCUT2D eigenvalue weighted by Crippen LogP contribution is -2.50. The number of piperazine rings is 1. The van der Waals surface area contributed by atoms with Crippen molar-refractivity contribution < 1.29 is 31.8 Å². The zero-order chi connectivity index (χ0) is 28.9. The molecule has 214 valence electrons. The van der Waals surface area contributed by atoms with Crippen molar-refractivity contribution in [2.75, 3.05) is 55.5 Å². The first-order valence-corrected chi connectivity index (χ1v) is 14.3. The van der Waals surface area contributed by atoms with Crippen molar-refractivity contribution in [3.05, 3.63) is 70.9 Å². The average Bonchev–Trinajstić information content (AvgIpc) is 2.94. The lowest BCUT2D eigenvalue weighted by molar-refractivity contribution is -0.135. The van der Waals surface area contributed by atoms with Gasteiger partial charge >= 0.3 is 0 Å². The van der Waals surface area contributed by atoms with E-state index >= 15 is 0 Å². The Labute approximate surface area is 235 Å². The summed E-state index contributed by atoms with van der Waals surface area (Å²) < 4.78 is 61.5. The van der Waals surface area contributed by atoms with Crippen molar-refractivity contribution in [2.45, 2.75) is 6.61 Å². The van der Waals surface area contributed by atoms with Gasteiger partial charge in [0.2, 0.25) is 15.9 Å². The molecule has 3 aromatic rings. The van der Waals surface area contributed by atoms with Crippen molar-refractivity contribution in [1.82, 2.24) is 14.8 Å². The number of amides is 1. The summed E-state index contributed by atoms with van der Waals surface area (Å²) in [5, 5.41) is 8.59. The highest BCUT2D eigenvalue weighted by molar-refractivity contribution is 7.92. The molecular formula is C26H28ClF2N5O5S. The van der Waals surface area contributed by atoms with Gasteiger partial charge in [0.25, 0.3) is 0 Å². The molecule has 2 heterocycles. The summed E-state index contributed by atoms with van der Waals surface area (Å²) in [6.07, 6.45) is 1.48. The topological polar surface area (TPSA) is 138 Å². The zero-order valence-corrected chi connectivity index (χ0v) is 22.9. The maximum atomic E-state index is 14.1. The van der Waals surface area contributed by atoms with Gasteiger partial charge in [-0.1, -0.05) is 23.7 Å². The van der Waals surface area contributed by atoms with Crippen molar-refractivity contribution in [2.24, 2.45) is 0 Å². The number of nitrogens with zero attached hydrogens (tertiary/aromatic N) is 3. The predicted molar refractivity (Wildman–Crippen MR) is 147 cm³/mol. The maximum absolute atomic E-state index is 14.1. The Bertz CT molecular complexity index is 1490. The first-order valence-electron chi connectivity index (χ1n) is 12.3. The number of rotatable bonds is 10. The number of nitrogen functional groups attached to an aromatic ring is 1. The minimum absolute atomic E-state index is 0.0232. The van der Waals surface area contributed by atoms with Crippen LogP contribution in [0.15, 0.2) is 48.7 Å². The SMILES string of the molecule is Nc1ncc(-c2cccc(NS(=O)(=O)CCN3CCN(C(=O)CO)CC3)c2)cc1OCc1c(F)ccc(F)c1Cl. The highest BCUT2D eigenvalue weighted by Crippen LogP contribution is 2.31. The number of carbonyl (C=O) groups excluding carboxylic acids is 1. The first-order chi connectivity index (χ1) is 19.1. The molecule has 1 aliphatic rings. The minimum atomic E-state index is -3.68. The number of aliphatic hydroxyl groups excluding tert-OH is 1. The molecule has 4 rings (SSSR count). The van der Waals surface area contributed by atoms with E-state index in [2.05, 4.69) is 9.71 Å². The number of ether oxygens (including phenoxy) is 1. The quantitative estimate of drug-likeness (QED) is 0.304. The fourth-order valence-corrected chi connectivity index (χ4v) is 5.44. The van der Waals surface area contributed by atoms with Crippen LogP contribution in [-0.2, 0) is 21.4 Å². The fraction of sp³-hybridized carbons (Fsp3) is 0.308. The largest absolute Gasteiger partial charge is 0.485 e. The molecule has 0 atom stereocenters. The smallest absolute Gasteiger partial charge is 0.248 e. The summed E-state index contributed by atoms with van der Waals surface area (Å²) in [7, 11) is -3.68. The van der Waals surface area contributed by atoms with Crippen LogP contribution in [0.3, 0.4) is 0 Å². The Morgan fingerprint density at radius 1 is 1.10 bits per heavy atom. The van der Waals surface area contributed by atoms with Crippen LogP contribution in [0.2, 0.25) is 5.02 Å². The Kier molecular flexibility index (Phi) is 9.40. The second kappa shape index (κ2) is 12.8. The summed E-state index contributed by atoms with van der Waals surface area (Å²) in [5.41, 5.74) is 7.24. The van der Waals surface area contributed by atoms with Crippen LogP contribution >= 0.6 is 11.6 Å². The standard InChI is InChI=1S/C26H28ClF2N5O5S/c27-25-20(21(28)4-5-22(25)29)16-39-23-13-18(14-31-26(23)30)17-2-1-3-19(12-17)32-40(37,38)11-10-33-6-8-34(9-7-33)24(36)15-35/h1-5,12-14,32,35H,6-11,15-16H2,(H2,30,31). The van der Waals surface area contributed by atoms with Gasteiger partial charge in [0.05, 0.1) is 10.8 Å². The Morgan fingerprint density at radius 3 is 2.55 bits per heavy atom. The van der Waals surface area contributed by atoms with E-state index in [-0.39, 0.29) is 47.0 Å². The molecule has 2 aromatic carbocycles. The number of pyridine rings is 1. The lowest BCUT2D eigenvalue weighted by Gasteiger charge is -2.34. The van der Waals surface area contributed by atoms with E-state index < -0.39 is 28.3 Å². The van der Waals surface area contributed by atoms with E-state index in [0.717, 1.165) is 12.1 Å². The second-order valence-corrected chi connectivity index (χ2v) is 11.3. The number of benzene rings is 2. The second-order valence-electron chi connectivity index (χ2n) is 9.10. The molecule has 0 bridgehead atoms. The van der Waals surface area contributed by atoms with Gasteiger partial charge in [0.1, 0.15) is 24.8 Å². The predicted octanol–water partition coefficient (Wildman–Crippen LogP) is 2.72. The normalized spacial score (nSPS) is 14.2. The van der Waals surface area contributed by atoms with Gasteiger partial charge in [-0.05, 0) is 35.9 Å². The molecule has 1 fully saturated rings. The van der Waals surface area contributed by atoms with Crippen molar-refractivity contribution in [3.8, 4) is 16.9 Å². The highest BCUT2D eigenvalue weighted by atomic mass is 35.5. The van der Waals surface area contributed by atoms with Crippen LogP contribution in [0.25, 0.3) is 11.1 Å². The van der Waals surface area contributed by atoms with Crippen molar-refractivity contribution in [3.63, 3.8) is 0 Å². The minimum Gasteiger partial charge on any atom is -0.485 e. The molecule has 1 amide bonds. The van der Waals surface area contributed by atoms with Crippen LogP contribution in [0.5, 0.6) is 5.75 Å². The van der Waals surface area contributed by atoms with Gasteiger partial charge in [0, 0.05) is 55.7 Å². The van der Waals surface area contributed by atoms with Gasteiger partial charge < -0.3 is 20.5 Å². The van der Waals surface area contributed by atoms with Crippen LogP contribution < -0.4 is 15.2 Å². The molecule has 4 N–H and O–H groups in total. The van der Waals surface area contributed by atoms with Gasteiger partial charge in [-0.25, -0.2) is 22.2 Å². The Morgan fingerprint density at radius 2 is 1.82 bits per heavy atom. The number of anilines is 2. The number of sulfonamides is 1. The number of hydrogen-bond donors (Lipinski definition) is 3. The first kappa shape index (κ1) is 29.5. The molecular weight excluding hydrogens is 568 g/mol. The monoisotopic (exact) mass is 595 g/mol. The van der Waals surface area contributed by atoms with Gasteiger partial charge in [-0.15, -0.1) is 0 Å². The number of carbonyl (C=O) groups is 1. The van der Waals surface area contributed by atoms with Gasteiger partial charge in [0.15, 0.2) is 11.6 Å². The van der Waals surface area contributed by atoms with Crippen LogP contribution in [-0.4, -0.2) is 79.3 Å². The summed E-state index contributed by atoms with van der Waals surface area (Å²) in [5.74, 6) is -1.86. The molecule has 0 spiro atoms. The molecule has 1 aliphatic heterocycles. The van der Waals surface area contributed by atoms with Crippen molar-refractivity contribution in [1.29, 1.82) is 0 Å². The maximum Gasteiger partial charge on any atom is 0.248 e. The number of aromatic nitrogens is 1. The highest BCUT2D eigenvalue weighted by Gasteiger charge is 2.22. The fourth-order valence-electron chi connectivity index (χ4n) is 4.14. The van der Waals surface area contributed by atoms with Crippen LogP contribution in [0, 0.1) is 11.6 Å².